The molecule has 1 fully saturated rings. The molecule has 22 heavy (non-hydrogen) atoms. The van der Waals surface area contributed by atoms with Gasteiger partial charge in [-0.15, -0.1) is 0 Å². The van der Waals surface area contributed by atoms with E-state index in [0.29, 0.717) is 13.0 Å². The normalized spacial score (nSPS) is 23.8. The van der Waals surface area contributed by atoms with Gasteiger partial charge in [-0.25, -0.2) is 8.42 Å². The third-order valence-electron chi connectivity index (χ3n) is 4.63. The highest BCUT2D eigenvalue weighted by Crippen LogP contribution is 2.35. The van der Waals surface area contributed by atoms with Crippen molar-refractivity contribution in [2.24, 2.45) is 0 Å². The maximum atomic E-state index is 11.9. The third-order valence-corrected chi connectivity index (χ3v) is 5.90. The van der Waals surface area contributed by atoms with Crippen LogP contribution in [0.2, 0.25) is 0 Å². The number of hydrogen-bond donors (Lipinski definition) is 1. The topological polar surface area (TPSA) is 60.9 Å². The molecular formula is C16H24N2O3S. The highest BCUT2D eigenvalue weighted by Gasteiger charge is 2.32. The summed E-state index contributed by atoms with van der Waals surface area (Å²) in [5, 5.41) is 10.4. The Morgan fingerprint density at radius 3 is 2.64 bits per heavy atom. The van der Waals surface area contributed by atoms with E-state index in [1.165, 1.54) is 23.4 Å². The summed E-state index contributed by atoms with van der Waals surface area (Å²) in [7, 11) is -3.25. The number of rotatable bonds is 4. The second kappa shape index (κ2) is 5.83. The molecule has 0 aliphatic carbocycles. The van der Waals surface area contributed by atoms with Crippen LogP contribution in [0, 0.1) is 0 Å². The molecule has 1 aromatic rings. The molecule has 2 aliphatic rings. The summed E-state index contributed by atoms with van der Waals surface area (Å²) in [5.41, 5.74) is 2.65. The standard InChI is InChI=1S/C16H24N2O3S/c1-12-9-14-10-13(16(19)11-17-7-3-4-8-17)5-6-15(14)18(12)22(2,20)21/h5-6,10,12,16,19H,3-4,7-9,11H2,1-2H3/t12-,16-/m0/s1. The maximum Gasteiger partial charge on any atom is 0.232 e. The van der Waals surface area contributed by atoms with Gasteiger partial charge in [0.1, 0.15) is 0 Å². The second-order valence-corrected chi connectivity index (χ2v) is 8.38. The van der Waals surface area contributed by atoms with Gasteiger partial charge in [0.05, 0.1) is 18.0 Å². The van der Waals surface area contributed by atoms with Crippen molar-refractivity contribution in [2.45, 2.75) is 38.3 Å². The number of likely N-dealkylation sites (tertiary alicyclic amines) is 1. The average molecular weight is 324 g/mol. The van der Waals surface area contributed by atoms with E-state index in [4.69, 9.17) is 0 Å². The molecule has 0 unspecified atom stereocenters. The van der Waals surface area contributed by atoms with E-state index in [1.54, 1.807) is 0 Å². The van der Waals surface area contributed by atoms with E-state index < -0.39 is 16.1 Å². The lowest BCUT2D eigenvalue weighted by molar-refractivity contribution is 0.126. The SMILES string of the molecule is C[C@H]1Cc2cc([C@@H](O)CN3CCCC3)ccc2N1S(C)(=O)=O. The zero-order chi connectivity index (χ0) is 15.9. The number of sulfonamides is 1. The molecule has 5 nitrogen and oxygen atoms in total. The van der Waals surface area contributed by atoms with Crippen molar-refractivity contribution in [1.82, 2.24) is 4.90 Å². The Morgan fingerprint density at radius 1 is 1.32 bits per heavy atom. The summed E-state index contributed by atoms with van der Waals surface area (Å²) in [6.07, 6.45) is 3.85. The minimum Gasteiger partial charge on any atom is -0.387 e. The molecule has 2 atom stereocenters. The van der Waals surface area contributed by atoms with E-state index in [1.807, 2.05) is 25.1 Å². The zero-order valence-corrected chi connectivity index (χ0v) is 14.0. The van der Waals surface area contributed by atoms with Gasteiger partial charge < -0.3 is 10.0 Å². The summed E-state index contributed by atoms with van der Waals surface area (Å²) in [6.45, 7) is 4.69. The monoisotopic (exact) mass is 324 g/mol. The van der Waals surface area contributed by atoms with Crippen molar-refractivity contribution in [3.05, 3.63) is 29.3 Å². The van der Waals surface area contributed by atoms with Crippen molar-refractivity contribution < 1.29 is 13.5 Å². The highest BCUT2D eigenvalue weighted by atomic mass is 32.2. The number of aliphatic hydroxyl groups excluding tert-OH is 1. The van der Waals surface area contributed by atoms with Crippen LogP contribution in [0.4, 0.5) is 5.69 Å². The van der Waals surface area contributed by atoms with Gasteiger partial charge in [-0.2, -0.15) is 0 Å². The fourth-order valence-corrected chi connectivity index (χ4v) is 4.91. The molecule has 0 aromatic heterocycles. The lowest BCUT2D eigenvalue weighted by atomic mass is 10.0. The fraction of sp³-hybridized carbons (Fsp3) is 0.625. The van der Waals surface area contributed by atoms with Crippen LogP contribution in [0.15, 0.2) is 18.2 Å². The van der Waals surface area contributed by atoms with Gasteiger partial charge in [-0.1, -0.05) is 12.1 Å². The maximum absolute atomic E-state index is 11.9. The number of benzene rings is 1. The molecule has 0 amide bonds. The zero-order valence-electron chi connectivity index (χ0n) is 13.2. The van der Waals surface area contributed by atoms with E-state index >= 15 is 0 Å². The molecular weight excluding hydrogens is 300 g/mol. The molecule has 0 bridgehead atoms. The Hall–Kier alpha value is -1.11. The number of aliphatic hydroxyl groups is 1. The van der Waals surface area contributed by atoms with E-state index in [-0.39, 0.29) is 6.04 Å². The van der Waals surface area contributed by atoms with Crippen LogP contribution in [0.1, 0.15) is 37.0 Å². The first-order chi connectivity index (χ1) is 10.4. The number of hydrogen-bond acceptors (Lipinski definition) is 4. The largest absolute Gasteiger partial charge is 0.387 e. The first-order valence-electron chi connectivity index (χ1n) is 7.89. The molecule has 3 rings (SSSR count). The molecule has 122 valence electrons. The number of fused-ring (bicyclic) bond motifs is 1. The first kappa shape index (κ1) is 15.8. The summed E-state index contributed by atoms with van der Waals surface area (Å²) < 4.78 is 25.3. The highest BCUT2D eigenvalue weighted by molar-refractivity contribution is 7.92. The quantitative estimate of drug-likeness (QED) is 0.912. The van der Waals surface area contributed by atoms with E-state index in [0.717, 1.165) is 29.9 Å². The van der Waals surface area contributed by atoms with Crippen LogP contribution in [0.25, 0.3) is 0 Å². The Balaban J connectivity index is 1.81. The van der Waals surface area contributed by atoms with Crippen LogP contribution < -0.4 is 4.31 Å². The van der Waals surface area contributed by atoms with Crippen LogP contribution in [0.5, 0.6) is 0 Å². The minimum atomic E-state index is -3.25. The molecule has 1 N–H and O–H groups in total. The summed E-state index contributed by atoms with van der Waals surface area (Å²) in [5.74, 6) is 0. The van der Waals surface area contributed by atoms with Gasteiger partial charge in [0.25, 0.3) is 0 Å². The Morgan fingerprint density at radius 2 is 2.00 bits per heavy atom. The summed E-state index contributed by atoms with van der Waals surface area (Å²) >= 11 is 0. The van der Waals surface area contributed by atoms with Gasteiger partial charge in [-0.05, 0) is 56.5 Å². The lowest BCUT2D eigenvalue weighted by Gasteiger charge is -2.22. The second-order valence-electron chi connectivity index (χ2n) is 6.52. The predicted octanol–water partition coefficient (Wildman–Crippen LogP) is 1.53. The van der Waals surface area contributed by atoms with Gasteiger partial charge in [0, 0.05) is 12.6 Å². The molecule has 0 saturated carbocycles. The predicted molar refractivity (Wildman–Crippen MR) is 87.6 cm³/mol. The van der Waals surface area contributed by atoms with Crippen LogP contribution in [-0.4, -0.2) is 50.4 Å². The fourth-order valence-electron chi connectivity index (χ4n) is 3.65. The minimum absolute atomic E-state index is 0.0593. The molecule has 0 radical (unpaired) electrons. The van der Waals surface area contributed by atoms with Crippen molar-refractivity contribution >= 4 is 15.7 Å². The first-order valence-corrected chi connectivity index (χ1v) is 9.74. The van der Waals surface area contributed by atoms with Crippen molar-refractivity contribution in [3.8, 4) is 0 Å². The van der Waals surface area contributed by atoms with E-state index in [2.05, 4.69) is 4.90 Å². The van der Waals surface area contributed by atoms with Gasteiger partial charge in [0.2, 0.25) is 10.0 Å². The molecule has 2 aliphatic heterocycles. The van der Waals surface area contributed by atoms with Crippen molar-refractivity contribution in [3.63, 3.8) is 0 Å². The Labute approximate surface area is 132 Å². The number of β-amino-alcohol motifs (C(OH)–C–C–N with tert-alkyl or cyclic N) is 1. The van der Waals surface area contributed by atoms with Crippen LogP contribution in [-0.2, 0) is 16.4 Å². The molecule has 2 heterocycles. The van der Waals surface area contributed by atoms with Crippen LogP contribution in [0.3, 0.4) is 0 Å². The lowest BCUT2D eigenvalue weighted by Crippen LogP contribution is -2.34. The summed E-state index contributed by atoms with van der Waals surface area (Å²) in [4.78, 5) is 2.28. The molecule has 1 aromatic carbocycles. The van der Waals surface area contributed by atoms with E-state index in [9.17, 15) is 13.5 Å². The van der Waals surface area contributed by atoms with Crippen molar-refractivity contribution in [1.29, 1.82) is 0 Å². The Bertz CT molecular complexity index is 653. The van der Waals surface area contributed by atoms with Gasteiger partial charge in [0.15, 0.2) is 0 Å². The van der Waals surface area contributed by atoms with Crippen molar-refractivity contribution in [2.75, 3.05) is 30.2 Å². The Kier molecular flexibility index (Phi) is 4.18. The molecule has 0 spiro atoms. The third kappa shape index (κ3) is 3.00. The smallest absolute Gasteiger partial charge is 0.232 e. The number of nitrogens with zero attached hydrogens (tertiary/aromatic N) is 2. The molecule has 1 saturated heterocycles. The average Bonchev–Trinajstić information content (AvgIpc) is 3.02. The van der Waals surface area contributed by atoms with Crippen LogP contribution >= 0.6 is 0 Å². The summed E-state index contributed by atoms with van der Waals surface area (Å²) in [6, 6.07) is 5.60. The number of anilines is 1. The van der Waals surface area contributed by atoms with Gasteiger partial charge in [-0.3, -0.25) is 4.31 Å². The molecule has 6 heteroatoms. The van der Waals surface area contributed by atoms with Gasteiger partial charge >= 0.3 is 0 Å².